The molecule has 2 aliphatic carbocycles. The summed E-state index contributed by atoms with van der Waals surface area (Å²) in [5, 5.41) is 0. The van der Waals surface area contributed by atoms with Crippen LogP contribution in [0.3, 0.4) is 0 Å². The first-order valence-corrected chi connectivity index (χ1v) is 7.83. The minimum Gasteiger partial charge on any atom is -0.350 e. The van der Waals surface area contributed by atoms with Crippen molar-refractivity contribution in [2.75, 3.05) is 13.2 Å². The standard InChI is InChI=1S/C18H26O3/c1-11-7-13(3)17(6)14(11)18(8-12(2)15(17)19)9-20-16(4,5)21-10-18/h7-8,13-14H,9-10H2,1-6H3/t13-,14-,17+/m0/s1. The molecular formula is C18H26O3. The molecule has 0 bridgehead atoms. The van der Waals surface area contributed by atoms with E-state index in [1.54, 1.807) is 0 Å². The van der Waals surface area contributed by atoms with Gasteiger partial charge in [-0.1, -0.05) is 31.6 Å². The van der Waals surface area contributed by atoms with Crippen LogP contribution in [0.1, 0.15) is 41.5 Å². The van der Waals surface area contributed by atoms with Crippen LogP contribution < -0.4 is 0 Å². The molecule has 3 nitrogen and oxygen atoms in total. The Kier molecular flexibility index (Phi) is 3.07. The molecule has 1 saturated heterocycles. The summed E-state index contributed by atoms with van der Waals surface area (Å²) < 4.78 is 11.9. The van der Waals surface area contributed by atoms with Crippen molar-refractivity contribution in [1.82, 2.24) is 0 Å². The van der Waals surface area contributed by atoms with Gasteiger partial charge in [0, 0.05) is 16.7 Å². The highest BCUT2D eigenvalue weighted by molar-refractivity contribution is 6.01. The zero-order valence-corrected chi connectivity index (χ0v) is 13.9. The van der Waals surface area contributed by atoms with E-state index in [9.17, 15) is 4.79 Å². The lowest BCUT2D eigenvalue weighted by Gasteiger charge is -2.53. The van der Waals surface area contributed by atoms with Crippen molar-refractivity contribution in [3.63, 3.8) is 0 Å². The Morgan fingerprint density at radius 2 is 1.71 bits per heavy atom. The Bertz CT molecular complexity index is 545. The highest BCUT2D eigenvalue weighted by Crippen LogP contribution is 2.60. The maximum atomic E-state index is 12.9. The van der Waals surface area contributed by atoms with Crippen LogP contribution in [0.5, 0.6) is 0 Å². The number of ketones is 1. The third kappa shape index (κ3) is 1.90. The van der Waals surface area contributed by atoms with Crippen LogP contribution in [-0.2, 0) is 14.3 Å². The summed E-state index contributed by atoms with van der Waals surface area (Å²) in [5.74, 6) is 0.175. The molecule has 3 atom stereocenters. The lowest BCUT2D eigenvalue weighted by Crippen LogP contribution is -2.57. The highest BCUT2D eigenvalue weighted by atomic mass is 16.7. The van der Waals surface area contributed by atoms with Crippen LogP contribution in [0.2, 0.25) is 0 Å². The molecule has 0 amide bonds. The van der Waals surface area contributed by atoms with Gasteiger partial charge in [-0.2, -0.15) is 0 Å². The van der Waals surface area contributed by atoms with E-state index in [4.69, 9.17) is 9.47 Å². The zero-order valence-electron chi connectivity index (χ0n) is 13.9. The Hall–Kier alpha value is -0.930. The minimum absolute atomic E-state index is 0.173. The Balaban J connectivity index is 2.09. The number of rotatable bonds is 0. The summed E-state index contributed by atoms with van der Waals surface area (Å²) in [6.45, 7) is 13.5. The lowest BCUT2D eigenvalue weighted by molar-refractivity contribution is -0.287. The van der Waals surface area contributed by atoms with Gasteiger partial charge in [0.15, 0.2) is 11.6 Å². The predicted octanol–water partition coefficient (Wildman–Crippen LogP) is 3.50. The Labute approximate surface area is 127 Å². The van der Waals surface area contributed by atoms with E-state index in [1.807, 2.05) is 20.8 Å². The largest absolute Gasteiger partial charge is 0.350 e. The van der Waals surface area contributed by atoms with Crippen molar-refractivity contribution in [1.29, 1.82) is 0 Å². The predicted molar refractivity (Wildman–Crippen MR) is 81.7 cm³/mol. The van der Waals surface area contributed by atoms with E-state index in [1.165, 1.54) is 5.57 Å². The van der Waals surface area contributed by atoms with Crippen molar-refractivity contribution in [3.8, 4) is 0 Å². The highest BCUT2D eigenvalue weighted by Gasteiger charge is 2.61. The summed E-state index contributed by atoms with van der Waals surface area (Å²) in [4.78, 5) is 12.9. The second kappa shape index (κ2) is 4.30. The molecule has 1 aliphatic heterocycles. The summed E-state index contributed by atoms with van der Waals surface area (Å²) in [6, 6.07) is 0. The van der Waals surface area contributed by atoms with Crippen molar-refractivity contribution in [2.45, 2.75) is 47.3 Å². The number of carbonyl (C=O) groups excluding carboxylic acids is 1. The monoisotopic (exact) mass is 290 g/mol. The summed E-state index contributed by atoms with van der Waals surface area (Å²) in [7, 11) is 0. The van der Waals surface area contributed by atoms with Crippen LogP contribution >= 0.6 is 0 Å². The van der Waals surface area contributed by atoms with E-state index in [-0.39, 0.29) is 28.4 Å². The molecule has 0 aromatic rings. The molecule has 1 fully saturated rings. The molecule has 3 heteroatoms. The molecule has 0 radical (unpaired) electrons. The molecule has 1 heterocycles. The van der Waals surface area contributed by atoms with Gasteiger partial charge in [0.05, 0.1) is 13.2 Å². The summed E-state index contributed by atoms with van der Waals surface area (Å²) in [5.41, 5.74) is 1.58. The topological polar surface area (TPSA) is 35.5 Å². The van der Waals surface area contributed by atoms with Crippen molar-refractivity contribution in [3.05, 3.63) is 23.3 Å². The number of ether oxygens (including phenoxy) is 2. The van der Waals surface area contributed by atoms with Gasteiger partial charge in [0.1, 0.15) is 0 Å². The van der Waals surface area contributed by atoms with Gasteiger partial charge in [-0.15, -0.1) is 0 Å². The van der Waals surface area contributed by atoms with Crippen molar-refractivity contribution >= 4 is 5.78 Å². The normalized spacial score (nSPS) is 40.8. The van der Waals surface area contributed by atoms with Crippen LogP contribution in [0.25, 0.3) is 0 Å². The van der Waals surface area contributed by atoms with Gasteiger partial charge < -0.3 is 9.47 Å². The number of Topliss-reactive ketones (excluding diaryl/α,β-unsaturated/α-hetero) is 1. The quantitative estimate of drug-likeness (QED) is 0.641. The average molecular weight is 290 g/mol. The molecule has 1 spiro atoms. The average Bonchev–Trinajstić information content (AvgIpc) is 2.63. The van der Waals surface area contributed by atoms with E-state index in [0.717, 1.165) is 5.57 Å². The Morgan fingerprint density at radius 1 is 1.14 bits per heavy atom. The number of allylic oxidation sites excluding steroid dienone is 3. The second-order valence-corrected chi connectivity index (χ2v) is 7.78. The molecule has 3 aliphatic rings. The smallest absolute Gasteiger partial charge is 0.165 e. The molecule has 0 aromatic heterocycles. The summed E-state index contributed by atoms with van der Waals surface area (Å²) in [6.07, 6.45) is 4.38. The van der Waals surface area contributed by atoms with Gasteiger partial charge in [-0.25, -0.2) is 0 Å². The van der Waals surface area contributed by atoms with Gasteiger partial charge in [0.25, 0.3) is 0 Å². The van der Waals surface area contributed by atoms with Crippen LogP contribution in [-0.4, -0.2) is 24.8 Å². The maximum Gasteiger partial charge on any atom is 0.165 e. The van der Waals surface area contributed by atoms with Gasteiger partial charge in [0.2, 0.25) is 0 Å². The third-order valence-corrected chi connectivity index (χ3v) is 5.82. The van der Waals surface area contributed by atoms with E-state index < -0.39 is 5.79 Å². The summed E-state index contributed by atoms with van der Waals surface area (Å²) >= 11 is 0. The molecule has 116 valence electrons. The molecule has 21 heavy (non-hydrogen) atoms. The SMILES string of the molecule is CC1=CC2(COC(C)(C)OC2)[C@H]2C(C)=C[C@H](C)[C@@]2(C)C1=O. The van der Waals surface area contributed by atoms with E-state index >= 15 is 0 Å². The van der Waals surface area contributed by atoms with Crippen molar-refractivity contribution in [2.24, 2.45) is 22.7 Å². The number of fused-ring (bicyclic) bond motifs is 2. The first-order chi connectivity index (χ1) is 9.62. The fraction of sp³-hybridized carbons (Fsp3) is 0.722. The Morgan fingerprint density at radius 3 is 2.29 bits per heavy atom. The fourth-order valence-corrected chi connectivity index (χ4v) is 4.74. The number of carbonyl (C=O) groups is 1. The fourth-order valence-electron chi connectivity index (χ4n) is 4.74. The van der Waals surface area contributed by atoms with Gasteiger partial charge in [-0.05, 0) is 39.2 Å². The van der Waals surface area contributed by atoms with Crippen LogP contribution in [0, 0.1) is 22.7 Å². The second-order valence-electron chi connectivity index (χ2n) is 7.78. The van der Waals surface area contributed by atoms with Gasteiger partial charge in [-0.3, -0.25) is 4.79 Å². The van der Waals surface area contributed by atoms with E-state index in [0.29, 0.717) is 13.2 Å². The van der Waals surface area contributed by atoms with E-state index in [2.05, 4.69) is 32.9 Å². The first-order valence-electron chi connectivity index (χ1n) is 7.83. The molecule has 0 unspecified atom stereocenters. The van der Waals surface area contributed by atoms with Crippen LogP contribution in [0.4, 0.5) is 0 Å². The lowest BCUT2D eigenvalue weighted by atomic mass is 9.54. The third-order valence-electron chi connectivity index (χ3n) is 5.82. The molecule has 3 rings (SSSR count). The first kappa shape index (κ1) is 15.0. The minimum atomic E-state index is -0.535. The van der Waals surface area contributed by atoms with Crippen molar-refractivity contribution < 1.29 is 14.3 Å². The zero-order chi connectivity index (χ0) is 15.6. The van der Waals surface area contributed by atoms with Crippen LogP contribution in [0.15, 0.2) is 23.3 Å². The number of hydrogen-bond donors (Lipinski definition) is 0. The molecule has 0 N–H and O–H groups in total. The number of hydrogen-bond acceptors (Lipinski definition) is 3. The maximum absolute atomic E-state index is 12.9. The molecular weight excluding hydrogens is 264 g/mol. The molecule has 0 saturated carbocycles. The molecule has 0 aromatic carbocycles. The van der Waals surface area contributed by atoms with Gasteiger partial charge >= 0.3 is 0 Å².